The molecular weight excluding hydrogens is 701 g/mol. The Morgan fingerprint density at radius 1 is 0.956 bits per heavy atom. The second-order valence-electron chi connectivity index (χ2n) is 11.6. The molecule has 7 nitrogen and oxygen atoms in total. The fourth-order valence-corrected chi connectivity index (χ4v) is 7.02. The van der Waals surface area contributed by atoms with Crippen LogP contribution in [0.25, 0.3) is 5.57 Å². The van der Waals surface area contributed by atoms with E-state index in [1.54, 1.807) is 19.1 Å². The predicted octanol–water partition coefficient (Wildman–Crippen LogP) is 7.40. The highest BCUT2D eigenvalue weighted by atomic mass is 79.9. The molecule has 2 fully saturated rings. The number of ether oxygens (including phenoxy) is 2. The van der Waals surface area contributed by atoms with Crippen LogP contribution in [0.4, 0.5) is 0 Å². The smallest absolute Gasteiger partial charge is 0.252 e. The summed E-state index contributed by atoms with van der Waals surface area (Å²) in [6.07, 6.45) is 2.63. The second-order valence-corrected chi connectivity index (χ2v) is 13.6. The van der Waals surface area contributed by atoms with Gasteiger partial charge < -0.3 is 24.6 Å². The second kappa shape index (κ2) is 13.9. The molecule has 2 bridgehead atoms. The van der Waals surface area contributed by atoms with Crippen LogP contribution in [0.15, 0.2) is 70.7 Å². The van der Waals surface area contributed by atoms with E-state index in [9.17, 15) is 9.59 Å². The molecule has 0 spiro atoms. The lowest BCUT2D eigenvalue weighted by molar-refractivity contribution is -0.132. The fourth-order valence-electron chi connectivity index (χ4n) is 6.03. The number of hydrogen-bond acceptors (Lipinski definition) is 5. The van der Waals surface area contributed by atoms with E-state index in [0.717, 1.165) is 39.6 Å². The standard InChI is InChI=1S/C34H33BrCl3N3O4/c1-20(42)40-18-23-16-26(21-6-10-25(11-7-21)44-14-15-45-30-13-12-28(36)32(37)33(30)38)31(29(19-40)39-23)34(43)41(24-8-9-24)17-22-4-2-3-5-27(22)35/h2-7,10-13,23-24,29,39H,8-9,14-19H2,1H3/t23-,29-/m1/s1. The summed E-state index contributed by atoms with van der Waals surface area (Å²) in [4.78, 5) is 30.8. The highest BCUT2D eigenvalue weighted by Gasteiger charge is 2.43. The fraction of sp³-hybridized carbons (Fsp3) is 0.353. The first-order valence-corrected chi connectivity index (χ1v) is 16.9. The van der Waals surface area contributed by atoms with E-state index < -0.39 is 0 Å². The zero-order valence-electron chi connectivity index (χ0n) is 24.7. The molecular formula is C34H33BrCl3N3O4. The molecule has 0 unspecified atom stereocenters. The van der Waals surface area contributed by atoms with Crippen molar-refractivity contribution in [3.63, 3.8) is 0 Å². The van der Waals surface area contributed by atoms with Gasteiger partial charge in [-0.15, -0.1) is 0 Å². The van der Waals surface area contributed by atoms with Gasteiger partial charge >= 0.3 is 0 Å². The van der Waals surface area contributed by atoms with Crippen LogP contribution in [-0.2, 0) is 16.1 Å². The van der Waals surface area contributed by atoms with Gasteiger partial charge in [0.25, 0.3) is 5.91 Å². The van der Waals surface area contributed by atoms with Gasteiger partial charge in [0.1, 0.15) is 29.7 Å². The molecule has 236 valence electrons. The monoisotopic (exact) mass is 731 g/mol. The Balaban J connectivity index is 1.22. The Hall–Kier alpha value is -2.75. The SMILES string of the molecule is CC(=O)N1C[C@H]2CC(c3ccc(OCCOc4ccc(Cl)c(Cl)c4Cl)cc3)=C(C(=O)N(Cc3ccccc3Br)C3CC3)[C@@H](C1)N2. The zero-order valence-corrected chi connectivity index (χ0v) is 28.6. The van der Waals surface area contributed by atoms with Gasteiger partial charge in [0.15, 0.2) is 0 Å². The van der Waals surface area contributed by atoms with Gasteiger partial charge in [-0.3, -0.25) is 9.59 Å². The minimum atomic E-state index is -0.245. The molecule has 2 atom stereocenters. The summed E-state index contributed by atoms with van der Waals surface area (Å²) in [6, 6.07) is 19.2. The molecule has 3 aromatic carbocycles. The molecule has 1 N–H and O–H groups in total. The Morgan fingerprint density at radius 3 is 2.40 bits per heavy atom. The Labute approximate surface area is 286 Å². The number of nitrogens with one attached hydrogen (secondary N) is 1. The summed E-state index contributed by atoms with van der Waals surface area (Å²) in [5.74, 6) is 1.18. The molecule has 1 saturated carbocycles. The third kappa shape index (κ3) is 7.31. The number of hydrogen-bond donors (Lipinski definition) is 1. The minimum Gasteiger partial charge on any atom is -0.490 e. The largest absolute Gasteiger partial charge is 0.490 e. The Morgan fingerprint density at radius 2 is 1.69 bits per heavy atom. The molecule has 0 aromatic heterocycles. The van der Waals surface area contributed by atoms with Crippen molar-refractivity contribution < 1.29 is 19.1 Å². The number of benzene rings is 3. The quantitative estimate of drug-likeness (QED) is 0.174. The van der Waals surface area contributed by atoms with Crippen LogP contribution >= 0.6 is 50.7 Å². The number of carbonyl (C=O) groups excluding carboxylic acids is 2. The van der Waals surface area contributed by atoms with Gasteiger partial charge in [0.05, 0.1) is 16.1 Å². The zero-order chi connectivity index (χ0) is 31.7. The Kier molecular flexibility index (Phi) is 9.97. The lowest BCUT2D eigenvalue weighted by Gasteiger charge is -2.44. The van der Waals surface area contributed by atoms with Crippen LogP contribution in [0.5, 0.6) is 11.5 Å². The van der Waals surface area contributed by atoms with Gasteiger partial charge in [0.2, 0.25) is 5.91 Å². The molecule has 0 radical (unpaired) electrons. The van der Waals surface area contributed by atoms with E-state index in [1.165, 1.54) is 0 Å². The number of piperazine rings is 1. The summed E-state index contributed by atoms with van der Waals surface area (Å²) in [7, 11) is 0. The summed E-state index contributed by atoms with van der Waals surface area (Å²) >= 11 is 22.0. The van der Waals surface area contributed by atoms with Gasteiger partial charge in [-0.1, -0.05) is 81.1 Å². The van der Waals surface area contributed by atoms with Crippen molar-refractivity contribution in [1.82, 2.24) is 15.1 Å². The predicted molar refractivity (Wildman–Crippen MR) is 181 cm³/mol. The van der Waals surface area contributed by atoms with Gasteiger partial charge in [-0.25, -0.2) is 0 Å². The average molecular weight is 734 g/mol. The van der Waals surface area contributed by atoms with Crippen molar-refractivity contribution in [1.29, 1.82) is 0 Å². The van der Waals surface area contributed by atoms with Crippen LogP contribution in [-0.4, -0.2) is 66.0 Å². The number of halogens is 4. The molecule has 2 amide bonds. The summed E-state index contributed by atoms with van der Waals surface area (Å²) in [5.41, 5.74) is 3.83. The molecule has 11 heteroatoms. The summed E-state index contributed by atoms with van der Waals surface area (Å²) in [5, 5.41) is 4.54. The van der Waals surface area contributed by atoms with E-state index >= 15 is 0 Å². The molecule has 3 aromatic rings. The van der Waals surface area contributed by atoms with Crippen LogP contribution in [0, 0.1) is 0 Å². The highest BCUT2D eigenvalue weighted by molar-refractivity contribution is 9.10. The molecule has 6 rings (SSSR count). The van der Waals surface area contributed by atoms with Gasteiger partial charge in [-0.05, 0) is 66.3 Å². The van der Waals surface area contributed by atoms with E-state index in [1.807, 2.05) is 52.3 Å². The molecule has 45 heavy (non-hydrogen) atoms. The normalized spacial score (nSPS) is 19.4. The lowest BCUT2D eigenvalue weighted by Crippen LogP contribution is -2.61. The molecule has 1 aliphatic carbocycles. The van der Waals surface area contributed by atoms with Crippen molar-refractivity contribution in [3.8, 4) is 11.5 Å². The first-order chi connectivity index (χ1) is 21.7. The van der Waals surface area contributed by atoms with E-state index in [0.29, 0.717) is 49.2 Å². The molecule has 1 saturated heterocycles. The number of rotatable bonds is 10. The van der Waals surface area contributed by atoms with E-state index in [4.69, 9.17) is 44.3 Å². The number of nitrogens with zero attached hydrogens (tertiary/aromatic N) is 2. The summed E-state index contributed by atoms with van der Waals surface area (Å²) < 4.78 is 12.6. The van der Waals surface area contributed by atoms with Crippen molar-refractivity contribution in [2.75, 3.05) is 26.3 Å². The average Bonchev–Trinajstić information content (AvgIpc) is 3.87. The van der Waals surface area contributed by atoms with Crippen LogP contribution in [0.1, 0.15) is 37.3 Å². The third-order valence-corrected chi connectivity index (χ3v) is 10.5. The maximum atomic E-state index is 14.5. The van der Waals surface area contributed by atoms with E-state index in [2.05, 4.69) is 27.3 Å². The van der Waals surface area contributed by atoms with Crippen LogP contribution in [0.3, 0.4) is 0 Å². The first-order valence-electron chi connectivity index (χ1n) is 15.0. The lowest BCUT2D eigenvalue weighted by atomic mass is 9.82. The maximum Gasteiger partial charge on any atom is 0.252 e. The summed E-state index contributed by atoms with van der Waals surface area (Å²) in [6.45, 7) is 3.76. The highest BCUT2D eigenvalue weighted by Crippen LogP contribution is 2.39. The van der Waals surface area contributed by atoms with Crippen LogP contribution < -0.4 is 14.8 Å². The van der Waals surface area contributed by atoms with Crippen molar-refractivity contribution >= 4 is 68.1 Å². The first kappa shape index (κ1) is 32.2. The molecule has 2 heterocycles. The molecule has 3 aliphatic rings. The topological polar surface area (TPSA) is 71.1 Å². The number of fused-ring (bicyclic) bond motifs is 2. The van der Waals surface area contributed by atoms with Gasteiger partial charge in [-0.2, -0.15) is 0 Å². The van der Waals surface area contributed by atoms with Gasteiger partial charge in [0, 0.05) is 48.7 Å². The van der Waals surface area contributed by atoms with Crippen molar-refractivity contribution in [3.05, 3.63) is 96.9 Å². The van der Waals surface area contributed by atoms with E-state index in [-0.39, 0.29) is 46.6 Å². The number of amides is 2. The van der Waals surface area contributed by atoms with Crippen LogP contribution in [0.2, 0.25) is 15.1 Å². The third-order valence-electron chi connectivity index (χ3n) is 8.44. The van der Waals surface area contributed by atoms with Crippen molar-refractivity contribution in [2.24, 2.45) is 0 Å². The minimum absolute atomic E-state index is 0.0286. The van der Waals surface area contributed by atoms with Crippen molar-refractivity contribution in [2.45, 2.75) is 50.9 Å². The Bertz CT molecular complexity index is 1630. The maximum absolute atomic E-state index is 14.5. The number of carbonyl (C=O) groups is 2. The molecule has 2 aliphatic heterocycles.